The summed E-state index contributed by atoms with van der Waals surface area (Å²) in [6.07, 6.45) is 3.11. The largest absolute Gasteiger partial charge is 0.369 e. The van der Waals surface area contributed by atoms with E-state index in [0.29, 0.717) is 19.4 Å². The zero-order valence-corrected chi connectivity index (χ0v) is 11.9. The van der Waals surface area contributed by atoms with Crippen LogP contribution >= 0.6 is 11.8 Å². The quantitative estimate of drug-likeness (QED) is 0.228. The second-order valence-corrected chi connectivity index (χ2v) is 5.36. The van der Waals surface area contributed by atoms with Crippen LogP contribution in [-0.2, 0) is 4.79 Å². The van der Waals surface area contributed by atoms with Crippen LogP contribution in [0.5, 0.6) is 0 Å². The molecule has 4 N–H and O–H groups in total. The molecule has 0 aromatic rings. The molecule has 1 aliphatic heterocycles. The van der Waals surface area contributed by atoms with Crippen molar-refractivity contribution in [3.8, 4) is 6.19 Å². The third-order valence-corrected chi connectivity index (χ3v) is 3.79. The number of thioether (sulfide) groups is 1. The highest BCUT2D eigenvalue weighted by molar-refractivity contribution is 7.99. The highest BCUT2D eigenvalue weighted by atomic mass is 32.2. The van der Waals surface area contributed by atoms with Crippen LogP contribution in [0.2, 0.25) is 0 Å². The van der Waals surface area contributed by atoms with E-state index in [1.54, 1.807) is 23.7 Å². The molecule has 0 unspecified atom stereocenters. The number of carbonyl (C=O) groups is 1. The molecule has 1 amide bonds. The van der Waals surface area contributed by atoms with E-state index in [-0.39, 0.29) is 11.9 Å². The maximum Gasteiger partial charge on any atom is 0.240 e. The summed E-state index contributed by atoms with van der Waals surface area (Å²) >= 11 is 1.74. The maximum absolute atomic E-state index is 11.9. The fraction of sp³-hybridized carbons (Fsp3) is 0.727. The smallest absolute Gasteiger partial charge is 0.240 e. The Hall–Kier alpha value is -1.46. The fourth-order valence-electron chi connectivity index (χ4n) is 1.61. The zero-order chi connectivity index (χ0) is 14.3. The van der Waals surface area contributed by atoms with Gasteiger partial charge in [-0.05, 0) is 12.8 Å². The number of hydrogen-bond acceptors (Lipinski definition) is 5. The van der Waals surface area contributed by atoms with Crippen molar-refractivity contribution < 1.29 is 4.79 Å². The normalized spacial score (nSPS) is 17.1. The highest BCUT2D eigenvalue weighted by Gasteiger charge is 2.23. The lowest BCUT2D eigenvalue weighted by atomic mass is 10.1. The summed E-state index contributed by atoms with van der Waals surface area (Å²) in [6.45, 7) is 1.25. The standard InChI is InChI=1S/C11H20N6OS/c1-16(7-12)11(14)15-4-2-3-9(13)10(18)17-5-6-19-8-17/h9H,2-6,8,13H2,1H3,(H2,14,15)/t9-/m0/s1. The molecule has 0 spiro atoms. The van der Waals surface area contributed by atoms with E-state index in [4.69, 9.17) is 16.7 Å². The number of aliphatic imine (C=N–C) groups is 1. The molecule has 0 aromatic carbocycles. The predicted octanol–water partition coefficient (Wildman–Crippen LogP) is -0.646. The van der Waals surface area contributed by atoms with Gasteiger partial charge in [-0.15, -0.1) is 11.8 Å². The van der Waals surface area contributed by atoms with Gasteiger partial charge in [0.15, 0.2) is 6.19 Å². The van der Waals surface area contributed by atoms with E-state index >= 15 is 0 Å². The molecular weight excluding hydrogens is 264 g/mol. The third-order valence-electron chi connectivity index (χ3n) is 2.82. The van der Waals surface area contributed by atoms with Gasteiger partial charge in [0, 0.05) is 25.9 Å². The number of hydrogen-bond donors (Lipinski definition) is 2. The van der Waals surface area contributed by atoms with Crippen molar-refractivity contribution in [2.24, 2.45) is 16.5 Å². The lowest BCUT2D eigenvalue weighted by Crippen LogP contribution is -2.42. The van der Waals surface area contributed by atoms with Crippen LogP contribution in [0, 0.1) is 11.5 Å². The number of nitrogens with zero attached hydrogens (tertiary/aromatic N) is 4. The summed E-state index contributed by atoms with van der Waals surface area (Å²) in [5.41, 5.74) is 11.4. The van der Waals surface area contributed by atoms with E-state index in [9.17, 15) is 4.79 Å². The van der Waals surface area contributed by atoms with Gasteiger partial charge in [0.05, 0.1) is 11.9 Å². The van der Waals surface area contributed by atoms with Crippen LogP contribution in [0.1, 0.15) is 12.8 Å². The summed E-state index contributed by atoms with van der Waals surface area (Å²) in [7, 11) is 1.54. The van der Waals surface area contributed by atoms with Gasteiger partial charge >= 0.3 is 0 Å². The molecule has 0 radical (unpaired) electrons. The van der Waals surface area contributed by atoms with Gasteiger partial charge in [-0.25, -0.2) is 0 Å². The molecule has 0 aromatic heterocycles. The number of guanidine groups is 1. The summed E-state index contributed by atoms with van der Waals surface area (Å²) in [5, 5.41) is 8.59. The van der Waals surface area contributed by atoms with Crippen molar-refractivity contribution in [2.45, 2.75) is 18.9 Å². The number of nitriles is 1. The van der Waals surface area contributed by atoms with Gasteiger partial charge in [0.25, 0.3) is 0 Å². The number of amides is 1. The molecule has 0 bridgehead atoms. The Morgan fingerprint density at radius 1 is 1.68 bits per heavy atom. The van der Waals surface area contributed by atoms with Crippen LogP contribution in [-0.4, -0.2) is 59.5 Å². The minimum Gasteiger partial charge on any atom is -0.369 e. The van der Waals surface area contributed by atoms with Gasteiger partial charge in [-0.2, -0.15) is 5.26 Å². The van der Waals surface area contributed by atoms with Crippen molar-refractivity contribution >= 4 is 23.6 Å². The first kappa shape index (κ1) is 15.6. The minimum atomic E-state index is -0.469. The van der Waals surface area contributed by atoms with Crippen molar-refractivity contribution in [3.63, 3.8) is 0 Å². The van der Waals surface area contributed by atoms with Gasteiger partial charge in [-0.1, -0.05) is 0 Å². The zero-order valence-electron chi connectivity index (χ0n) is 11.1. The van der Waals surface area contributed by atoms with E-state index in [2.05, 4.69) is 4.99 Å². The summed E-state index contributed by atoms with van der Waals surface area (Å²) in [6, 6.07) is -0.469. The molecule has 1 atom stereocenters. The topological polar surface area (TPSA) is 112 Å². The molecule has 8 heteroatoms. The Bertz CT molecular complexity index is 374. The van der Waals surface area contributed by atoms with E-state index in [1.807, 2.05) is 6.19 Å². The monoisotopic (exact) mass is 284 g/mol. The maximum atomic E-state index is 11.9. The van der Waals surface area contributed by atoms with Crippen LogP contribution in [0.25, 0.3) is 0 Å². The molecule has 7 nitrogen and oxygen atoms in total. The first-order valence-electron chi connectivity index (χ1n) is 6.11. The van der Waals surface area contributed by atoms with E-state index < -0.39 is 6.04 Å². The molecule has 19 heavy (non-hydrogen) atoms. The van der Waals surface area contributed by atoms with E-state index in [1.165, 1.54) is 4.90 Å². The molecule has 0 aliphatic carbocycles. The third kappa shape index (κ3) is 4.96. The highest BCUT2D eigenvalue weighted by Crippen LogP contribution is 2.14. The Labute approximate surface area is 117 Å². The molecule has 1 saturated heterocycles. The number of rotatable bonds is 5. The van der Waals surface area contributed by atoms with Crippen LogP contribution < -0.4 is 11.5 Å². The average Bonchev–Trinajstić information content (AvgIpc) is 2.95. The van der Waals surface area contributed by atoms with Crippen LogP contribution in [0.4, 0.5) is 0 Å². The first-order chi connectivity index (χ1) is 9.06. The SMILES string of the molecule is CN(C#N)C(N)=NCCC[C@H](N)C(=O)N1CCSC1. The molecule has 106 valence electrons. The fourth-order valence-corrected chi connectivity index (χ4v) is 2.56. The number of carbonyl (C=O) groups excluding carboxylic acids is 1. The minimum absolute atomic E-state index is 0.0103. The Morgan fingerprint density at radius 2 is 2.42 bits per heavy atom. The predicted molar refractivity (Wildman–Crippen MR) is 76.1 cm³/mol. The lowest BCUT2D eigenvalue weighted by Gasteiger charge is -2.19. The Morgan fingerprint density at radius 3 is 3.00 bits per heavy atom. The Balaban J connectivity index is 2.25. The first-order valence-corrected chi connectivity index (χ1v) is 7.27. The van der Waals surface area contributed by atoms with E-state index in [0.717, 1.165) is 18.2 Å². The molecule has 1 rings (SSSR count). The van der Waals surface area contributed by atoms with Crippen LogP contribution in [0.3, 0.4) is 0 Å². The average molecular weight is 284 g/mol. The second-order valence-electron chi connectivity index (χ2n) is 4.29. The summed E-state index contributed by atoms with van der Waals surface area (Å²) < 4.78 is 0. The molecule has 1 heterocycles. The summed E-state index contributed by atoms with van der Waals surface area (Å²) in [5.74, 6) is 1.92. The van der Waals surface area contributed by atoms with Crippen molar-refractivity contribution in [1.29, 1.82) is 5.26 Å². The Kier molecular flexibility index (Phi) is 6.45. The van der Waals surface area contributed by atoms with Crippen molar-refractivity contribution in [3.05, 3.63) is 0 Å². The molecule has 0 saturated carbocycles. The van der Waals surface area contributed by atoms with Gasteiger partial charge in [0.1, 0.15) is 0 Å². The van der Waals surface area contributed by atoms with Crippen molar-refractivity contribution in [1.82, 2.24) is 9.80 Å². The van der Waals surface area contributed by atoms with Gasteiger partial charge in [-0.3, -0.25) is 14.7 Å². The second kappa shape index (κ2) is 7.86. The lowest BCUT2D eigenvalue weighted by molar-refractivity contribution is -0.131. The molecule has 1 fully saturated rings. The van der Waals surface area contributed by atoms with Gasteiger partial charge in [0.2, 0.25) is 11.9 Å². The van der Waals surface area contributed by atoms with Gasteiger partial charge < -0.3 is 16.4 Å². The molecule has 1 aliphatic rings. The molecular formula is C11H20N6OS. The number of nitrogens with two attached hydrogens (primary N) is 2. The van der Waals surface area contributed by atoms with Crippen LogP contribution in [0.15, 0.2) is 4.99 Å². The summed E-state index contributed by atoms with van der Waals surface area (Å²) in [4.78, 5) is 18.9. The van der Waals surface area contributed by atoms with Crippen molar-refractivity contribution in [2.75, 3.05) is 31.8 Å².